The van der Waals surface area contributed by atoms with Gasteiger partial charge in [-0.1, -0.05) is 24.3 Å². The number of aryl methyl sites for hydroxylation is 4. The zero-order chi connectivity index (χ0) is 40.3. The zero-order valence-corrected chi connectivity index (χ0v) is 34.5. The third-order valence-corrected chi connectivity index (χ3v) is 12.3. The molecule has 0 aromatic heterocycles. The third-order valence-electron chi connectivity index (χ3n) is 11.5. The molecule has 0 unspecified atom stereocenters. The summed E-state index contributed by atoms with van der Waals surface area (Å²) in [6.07, 6.45) is 6.02. The zero-order valence-electron chi connectivity index (χ0n) is 33.7. The number of hydrogen-bond acceptors (Lipinski definition) is 8. The Hall–Kier alpha value is -5.09. The quantitative estimate of drug-likeness (QED) is 0.116. The summed E-state index contributed by atoms with van der Waals surface area (Å²) in [4.78, 5) is 54.1. The summed E-state index contributed by atoms with van der Waals surface area (Å²) < 4.78 is 17.2. The van der Waals surface area contributed by atoms with Crippen LogP contribution in [-0.2, 0) is 22.4 Å². The smallest absolute Gasteiger partial charge is 0.220 e. The van der Waals surface area contributed by atoms with Crippen molar-refractivity contribution in [2.45, 2.75) is 96.0 Å². The Morgan fingerprint density at radius 3 is 1.79 bits per heavy atom. The molecule has 10 heteroatoms. The van der Waals surface area contributed by atoms with E-state index >= 15 is 0 Å². The normalized spacial score (nSPS) is 15.5. The summed E-state index contributed by atoms with van der Waals surface area (Å²) in [6, 6.07) is 14.4. The van der Waals surface area contributed by atoms with Crippen LogP contribution in [0.25, 0.3) is 22.3 Å². The maximum atomic E-state index is 13.5. The molecule has 2 amide bonds. The van der Waals surface area contributed by atoms with Gasteiger partial charge in [-0.3, -0.25) is 19.2 Å². The molecule has 2 aliphatic carbocycles. The third kappa shape index (κ3) is 8.08. The molecule has 2 atom stereocenters. The van der Waals surface area contributed by atoms with Crippen molar-refractivity contribution in [3.05, 3.63) is 113 Å². The lowest BCUT2D eigenvalue weighted by Gasteiger charge is -2.20. The fourth-order valence-corrected chi connectivity index (χ4v) is 8.76. The number of nitrogens with one attached hydrogen (secondary N) is 2. The van der Waals surface area contributed by atoms with Crippen LogP contribution in [-0.4, -0.2) is 39.4 Å². The van der Waals surface area contributed by atoms with E-state index in [4.69, 9.17) is 14.2 Å². The second-order valence-electron chi connectivity index (χ2n) is 14.9. The number of amides is 2. The SMILES string of the molecule is COc1cc2c(c(OC)c1OC)-c1ccc(C)c(=O)cc1[C@@H](NC(=O)CCCCC(=O)N[C@H]1CCc3cc(C)c(C)c(C)c3-c3ccc(SC)c(=O)cc31)CC2. The van der Waals surface area contributed by atoms with E-state index in [1.807, 2.05) is 30.5 Å². The second-order valence-corrected chi connectivity index (χ2v) is 15.7. The molecule has 0 fully saturated rings. The Morgan fingerprint density at radius 1 is 0.661 bits per heavy atom. The van der Waals surface area contributed by atoms with Gasteiger partial charge in [0.25, 0.3) is 0 Å². The van der Waals surface area contributed by atoms with Crippen molar-refractivity contribution in [3.63, 3.8) is 0 Å². The minimum absolute atomic E-state index is 0.0527. The van der Waals surface area contributed by atoms with E-state index in [9.17, 15) is 19.2 Å². The van der Waals surface area contributed by atoms with Crippen molar-refractivity contribution in [1.82, 2.24) is 10.6 Å². The molecule has 2 N–H and O–H groups in total. The number of benzene rings is 2. The molecule has 6 rings (SSSR count). The maximum absolute atomic E-state index is 13.5. The van der Waals surface area contributed by atoms with Gasteiger partial charge in [-0.15, -0.1) is 11.8 Å². The Balaban J connectivity index is 1.15. The summed E-state index contributed by atoms with van der Waals surface area (Å²) in [6.45, 7) is 8.18. The van der Waals surface area contributed by atoms with Gasteiger partial charge in [-0.2, -0.15) is 0 Å². The van der Waals surface area contributed by atoms with Crippen molar-refractivity contribution >= 4 is 23.6 Å². The van der Waals surface area contributed by atoms with Gasteiger partial charge in [0, 0.05) is 18.4 Å². The number of fused-ring (bicyclic) bond motifs is 6. The summed E-state index contributed by atoms with van der Waals surface area (Å²) in [7, 11) is 4.72. The molecule has 9 nitrogen and oxygen atoms in total. The highest BCUT2D eigenvalue weighted by Gasteiger charge is 2.30. The molecule has 4 aromatic rings. The van der Waals surface area contributed by atoms with Crippen LogP contribution in [0.4, 0.5) is 0 Å². The molecule has 0 bridgehead atoms. The van der Waals surface area contributed by atoms with Crippen LogP contribution in [0.3, 0.4) is 0 Å². The van der Waals surface area contributed by atoms with Crippen molar-refractivity contribution in [1.29, 1.82) is 0 Å². The molecule has 0 heterocycles. The number of thioether (sulfide) groups is 1. The predicted molar refractivity (Wildman–Crippen MR) is 224 cm³/mol. The Bertz CT molecular complexity index is 2320. The fraction of sp³-hybridized carbons (Fsp3) is 0.391. The topological polar surface area (TPSA) is 120 Å². The standard InChI is InChI=1S/C46H52N2O7S/c1-25-13-16-32-33(23-37(25)49)35(19-15-30-22-39(53-5)45(54-6)46(55-7)44(30)32)47-41(51)11-9-10-12-42(52)48-36-18-14-29-21-26(2)27(3)28(4)43(29)31-17-20-40(56-8)38(50)24-34(31)36/h13,16-17,20-24,35-36H,9-12,14-15,18-19H2,1-8H3,(H,47,51)(H,48,52)/t35-,36-/m0/s1. The van der Waals surface area contributed by atoms with Crippen LogP contribution >= 0.6 is 11.8 Å². The second kappa shape index (κ2) is 17.4. The van der Waals surface area contributed by atoms with Gasteiger partial charge in [-0.05, 0) is 158 Å². The minimum atomic E-state index is -0.427. The molecular weight excluding hydrogens is 725 g/mol. The molecule has 2 aliphatic rings. The van der Waals surface area contributed by atoms with Crippen LogP contribution in [0.15, 0.2) is 63.0 Å². The summed E-state index contributed by atoms with van der Waals surface area (Å²) in [5.41, 5.74) is 11.6. The van der Waals surface area contributed by atoms with Gasteiger partial charge in [0.1, 0.15) is 0 Å². The summed E-state index contributed by atoms with van der Waals surface area (Å²) in [5.74, 6) is 1.25. The summed E-state index contributed by atoms with van der Waals surface area (Å²) >= 11 is 1.42. The number of carbonyl (C=O) groups excluding carboxylic acids is 2. The van der Waals surface area contributed by atoms with E-state index in [1.165, 1.54) is 34.0 Å². The number of unbranched alkanes of at least 4 members (excludes halogenated alkanes) is 1. The first kappa shape index (κ1) is 40.6. The van der Waals surface area contributed by atoms with Gasteiger partial charge in [0.15, 0.2) is 22.4 Å². The summed E-state index contributed by atoms with van der Waals surface area (Å²) in [5, 5.41) is 6.46. The van der Waals surface area contributed by atoms with Crippen LogP contribution in [0.2, 0.25) is 0 Å². The molecule has 0 radical (unpaired) electrons. The maximum Gasteiger partial charge on any atom is 0.220 e. The van der Waals surface area contributed by atoms with E-state index < -0.39 is 6.04 Å². The first-order valence-corrected chi connectivity index (χ1v) is 20.5. The molecule has 0 aliphatic heterocycles. The number of ether oxygens (including phenoxy) is 3. The van der Waals surface area contributed by atoms with Crippen LogP contribution in [0.5, 0.6) is 17.2 Å². The van der Waals surface area contributed by atoms with Crippen LogP contribution < -0.4 is 35.7 Å². The van der Waals surface area contributed by atoms with Gasteiger partial charge in [0.05, 0.1) is 38.3 Å². The molecule has 0 saturated heterocycles. The van der Waals surface area contributed by atoms with E-state index in [0.717, 1.165) is 39.8 Å². The lowest BCUT2D eigenvalue weighted by Crippen LogP contribution is -2.30. The minimum Gasteiger partial charge on any atom is -0.493 e. The number of methoxy groups -OCH3 is 3. The van der Waals surface area contributed by atoms with Crippen LogP contribution in [0, 0.1) is 27.7 Å². The van der Waals surface area contributed by atoms with Crippen LogP contribution in [0.1, 0.15) is 95.1 Å². The molecule has 56 heavy (non-hydrogen) atoms. The Labute approximate surface area is 333 Å². The average Bonchev–Trinajstić information content (AvgIpc) is 3.57. The van der Waals surface area contributed by atoms with Gasteiger partial charge in [-0.25, -0.2) is 0 Å². The average molecular weight is 777 g/mol. The molecule has 4 aromatic carbocycles. The highest BCUT2D eigenvalue weighted by Crippen LogP contribution is 2.50. The van der Waals surface area contributed by atoms with Crippen molar-refractivity contribution in [2.75, 3.05) is 27.6 Å². The largest absolute Gasteiger partial charge is 0.493 e. The van der Waals surface area contributed by atoms with E-state index in [0.29, 0.717) is 65.4 Å². The Morgan fingerprint density at radius 2 is 1.21 bits per heavy atom. The van der Waals surface area contributed by atoms with E-state index in [1.54, 1.807) is 46.5 Å². The van der Waals surface area contributed by atoms with E-state index in [-0.39, 0.29) is 41.6 Å². The van der Waals surface area contributed by atoms with E-state index in [2.05, 4.69) is 37.5 Å². The molecule has 294 valence electrons. The fourth-order valence-electron chi connectivity index (χ4n) is 8.30. The van der Waals surface area contributed by atoms with Crippen molar-refractivity contribution < 1.29 is 23.8 Å². The van der Waals surface area contributed by atoms with Crippen molar-refractivity contribution in [3.8, 4) is 39.5 Å². The Kier molecular flexibility index (Phi) is 12.6. The highest BCUT2D eigenvalue weighted by atomic mass is 32.2. The van der Waals surface area contributed by atoms with Crippen molar-refractivity contribution in [2.24, 2.45) is 0 Å². The molecular formula is C46H52N2O7S. The first-order chi connectivity index (χ1) is 26.9. The first-order valence-electron chi connectivity index (χ1n) is 19.3. The molecule has 0 saturated carbocycles. The monoisotopic (exact) mass is 776 g/mol. The van der Waals surface area contributed by atoms with Gasteiger partial charge < -0.3 is 24.8 Å². The number of carbonyl (C=O) groups is 2. The predicted octanol–water partition coefficient (Wildman–Crippen LogP) is 8.19. The lowest BCUT2D eigenvalue weighted by molar-refractivity contribution is -0.123. The highest BCUT2D eigenvalue weighted by molar-refractivity contribution is 7.98. The lowest BCUT2D eigenvalue weighted by atomic mass is 9.88. The van der Waals surface area contributed by atoms with Gasteiger partial charge >= 0.3 is 0 Å². The number of rotatable bonds is 11. The van der Waals surface area contributed by atoms with Gasteiger partial charge in [0.2, 0.25) is 17.6 Å². The molecule has 0 spiro atoms. The number of hydrogen-bond donors (Lipinski definition) is 2.